The Morgan fingerprint density at radius 1 is 1.46 bits per heavy atom. The van der Waals surface area contributed by atoms with E-state index in [2.05, 4.69) is 29.8 Å². The van der Waals surface area contributed by atoms with Crippen LogP contribution in [0.25, 0.3) is 0 Å². The zero-order chi connectivity index (χ0) is 9.68. The number of rotatable bonds is 5. The maximum absolute atomic E-state index is 5.61. The van der Waals surface area contributed by atoms with Gasteiger partial charge < -0.3 is 4.74 Å². The van der Waals surface area contributed by atoms with E-state index in [1.165, 1.54) is 25.7 Å². The van der Waals surface area contributed by atoms with Crippen LogP contribution in [0, 0.1) is 11.8 Å². The van der Waals surface area contributed by atoms with Crippen LogP contribution >= 0.6 is 15.9 Å². The Bertz CT molecular complexity index is 130. The van der Waals surface area contributed by atoms with Crippen molar-refractivity contribution in [2.24, 2.45) is 11.8 Å². The van der Waals surface area contributed by atoms with Crippen molar-refractivity contribution in [3.8, 4) is 0 Å². The van der Waals surface area contributed by atoms with E-state index in [0.717, 1.165) is 23.8 Å². The molecular formula is C11H21BrO. The molecular weight excluding hydrogens is 228 g/mol. The van der Waals surface area contributed by atoms with Gasteiger partial charge in [0.2, 0.25) is 0 Å². The molecule has 0 N–H and O–H groups in total. The quantitative estimate of drug-likeness (QED) is 0.676. The highest BCUT2D eigenvalue weighted by Gasteiger charge is 2.18. The summed E-state index contributed by atoms with van der Waals surface area (Å²) in [5, 5.41) is 1.14. The summed E-state index contributed by atoms with van der Waals surface area (Å²) in [6.07, 6.45) is 5.70. The Morgan fingerprint density at radius 3 is 2.69 bits per heavy atom. The topological polar surface area (TPSA) is 9.23 Å². The molecule has 13 heavy (non-hydrogen) atoms. The third kappa shape index (κ3) is 3.99. The second kappa shape index (κ2) is 6.02. The van der Waals surface area contributed by atoms with Gasteiger partial charge in [-0.25, -0.2) is 0 Å². The van der Waals surface area contributed by atoms with Crippen molar-refractivity contribution < 1.29 is 4.74 Å². The minimum absolute atomic E-state index is 0.570. The maximum Gasteiger partial charge on any atom is 0.0576 e. The lowest BCUT2D eigenvalue weighted by molar-refractivity contribution is 0.0969. The van der Waals surface area contributed by atoms with Crippen molar-refractivity contribution in [3.63, 3.8) is 0 Å². The lowest BCUT2D eigenvalue weighted by atomic mass is 9.91. The fourth-order valence-electron chi connectivity index (χ4n) is 1.86. The summed E-state index contributed by atoms with van der Waals surface area (Å²) in [7, 11) is 0. The van der Waals surface area contributed by atoms with Gasteiger partial charge in [-0.1, -0.05) is 29.8 Å². The molecule has 1 rings (SSSR count). The lowest BCUT2D eigenvalue weighted by Crippen LogP contribution is -2.14. The molecule has 2 heteroatoms. The minimum atomic E-state index is 0.570. The average molecular weight is 249 g/mol. The summed E-state index contributed by atoms with van der Waals surface area (Å²) in [4.78, 5) is 0. The monoisotopic (exact) mass is 248 g/mol. The first-order valence-electron chi connectivity index (χ1n) is 5.41. The minimum Gasteiger partial charge on any atom is -0.378 e. The van der Waals surface area contributed by atoms with Crippen LogP contribution in [0.2, 0.25) is 0 Å². The first kappa shape index (κ1) is 11.5. The second-order valence-electron chi connectivity index (χ2n) is 4.37. The van der Waals surface area contributed by atoms with E-state index >= 15 is 0 Å². The highest BCUT2D eigenvalue weighted by molar-refractivity contribution is 9.09. The molecule has 1 aliphatic heterocycles. The lowest BCUT2D eigenvalue weighted by Gasteiger charge is -2.19. The van der Waals surface area contributed by atoms with Crippen LogP contribution in [0.3, 0.4) is 0 Å². The summed E-state index contributed by atoms with van der Waals surface area (Å²) < 4.78 is 5.61. The molecule has 2 atom stereocenters. The molecule has 1 nitrogen and oxygen atoms in total. The summed E-state index contributed by atoms with van der Waals surface area (Å²) in [5.41, 5.74) is 0. The Kier molecular flexibility index (Phi) is 5.34. The van der Waals surface area contributed by atoms with Crippen molar-refractivity contribution in [3.05, 3.63) is 0 Å². The van der Waals surface area contributed by atoms with Gasteiger partial charge in [0, 0.05) is 11.9 Å². The van der Waals surface area contributed by atoms with Gasteiger partial charge in [0.05, 0.1) is 6.10 Å². The fourth-order valence-corrected chi connectivity index (χ4v) is 2.93. The maximum atomic E-state index is 5.61. The van der Waals surface area contributed by atoms with E-state index in [1.54, 1.807) is 0 Å². The Labute approximate surface area is 90.4 Å². The largest absolute Gasteiger partial charge is 0.378 e. The highest BCUT2D eigenvalue weighted by Crippen LogP contribution is 2.24. The number of hydrogen-bond acceptors (Lipinski definition) is 1. The Hall–Kier alpha value is 0.440. The predicted molar refractivity (Wildman–Crippen MR) is 60.3 cm³/mol. The van der Waals surface area contributed by atoms with Crippen molar-refractivity contribution >= 4 is 15.9 Å². The van der Waals surface area contributed by atoms with Crippen LogP contribution in [0.5, 0.6) is 0 Å². The number of hydrogen-bond donors (Lipinski definition) is 0. The molecule has 1 fully saturated rings. The van der Waals surface area contributed by atoms with Crippen molar-refractivity contribution in [1.29, 1.82) is 0 Å². The second-order valence-corrected chi connectivity index (χ2v) is 5.02. The molecule has 1 aliphatic rings. The molecule has 0 radical (unpaired) electrons. The van der Waals surface area contributed by atoms with Crippen molar-refractivity contribution in [2.45, 2.75) is 45.6 Å². The smallest absolute Gasteiger partial charge is 0.0576 e. The van der Waals surface area contributed by atoms with Gasteiger partial charge in [-0.15, -0.1) is 0 Å². The number of ether oxygens (including phenoxy) is 1. The summed E-state index contributed by atoms with van der Waals surface area (Å²) >= 11 is 3.59. The van der Waals surface area contributed by atoms with Crippen molar-refractivity contribution in [2.75, 3.05) is 11.9 Å². The van der Waals surface area contributed by atoms with E-state index in [9.17, 15) is 0 Å². The first-order chi connectivity index (χ1) is 6.24. The standard InChI is InChI=1S/C11H21BrO/c1-9(2)10(8-12)5-6-11-4-3-7-13-11/h9-11H,3-8H2,1-2H3. The molecule has 0 aromatic heterocycles. The molecule has 0 aromatic carbocycles. The van der Waals surface area contributed by atoms with Crippen LogP contribution in [0.1, 0.15) is 39.5 Å². The molecule has 0 amide bonds. The molecule has 1 saturated heterocycles. The summed E-state index contributed by atoms with van der Waals surface area (Å²) in [5.74, 6) is 1.62. The average Bonchev–Trinajstić information content (AvgIpc) is 2.57. The predicted octanol–water partition coefficient (Wildman–Crippen LogP) is 3.61. The van der Waals surface area contributed by atoms with E-state index in [4.69, 9.17) is 4.74 Å². The normalized spacial score (nSPS) is 25.4. The van der Waals surface area contributed by atoms with Crippen LogP contribution in [-0.2, 0) is 4.74 Å². The third-order valence-electron chi connectivity index (χ3n) is 3.02. The SMILES string of the molecule is CC(C)C(CBr)CCC1CCCO1. The molecule has 1 heterocycles. The van der Waals surface area contributed by atoms with Gasteiger partial charge >= 0.3 is 0 Å². The van der Waals surface area contributed by atoms with E-state index < -0.39 is 0 Å². The van der Waals surface area contributed by atoms with Crippen LogP contribution in [-0.4, -0.2) is 18.0 Å². The van der Waals surface area contributed by atoms with Crippen LogP contribution in [0.15, 0.2) is 0 Å². The van der Waals surface area contributed by atoms with Gasteiger partial charge in [-0.3, -0.25) is 0 Å². The van der Waals surface area contributed by atoms with Gasteiger partial charge in [-0.05, 0) is 37.5 Å². The zero-order valence-electron chi connectivity index (χ0n) is 8.76. The molecule has 2 unspecified atom stereocenters. The molecule has 0 saturated carbocycles. The molecule has 0 spiro atoms. The zero-order valence-corrected chi connectivity index (χ0v) is 10.3. The van der Waals surface area contributed by atoms with Crippen LogP contribution < -0.4 is 0 Å². The van der Waals surface area contributed by atoms with Crippen LogP contribution in [0.4, 0.5) is 0 Å². The molecule has 0 bridgehead atoms. The number of alkyl halides is 1. The third-order valence-corrected chi connectivity index (χ3v) is 3.86. The molecule has 0 aliphatic carbocycles. The van der Waals surface area contributed by atoms with Crippen molar-refractivity contribution in [1.82, 2.24) is 0 Å². The van der Waals surface area contributed by atoms with E-state index in [0.29, 0.717) is 6.10 Å². The highest BCUT2D eigenvalue weighted by atomic mass is 79.9. The fraction of sp³-hybridized carbons (Fsp3) is 1.00. The van der Waals surface area contributed by atoms with E-state index in [-0.39, 0.29) is 0 Å². The Balaban J connectivity index is 2.15. The summed E-state index contributed by atoms with van der Waals surface area (Å²) in [6, 6.07) is 0. The van der Waals surface area contributed by atoms with E-state index in [1.807, 2.05) is 0 Å². The Morgan fingerprint density at radius 2 is 2.23 bits per heavy atom. The molecule has 78 valence electrons. The van der Waals surface area contributed by atoms with Gasteiger partial charge in [0.25, 0.3) is 0 Å². The van der Waals surface area contributed by atoms with Gasteiger partial charge in [0.1, 0.15) is 0 Å². The molecule has 0 aromatic rings. The summed E-state index contributed by atoms with van der Waals surface area (Å²) in [6.45, 7) is 5.61. The van der Waals surface area contributed by atoms with Gasteiger partial charge in [-0.2, -0.15) is 0 Å². The first-order valence-corrected chi connectivity index (χ1v) is 6.53. The number of halogens is 1. The van der Waals surface area contributed by atoms with Gasteiger partial charge in [0.15, 0.2) is 0 Å².